The maximum absolute atomic E-state index is 13.1. The zero-order valence-corrected chi connectivity index (χ0v) is 15.6. The van der Waals surface area contributed by atoms with E-state index in [1.807, 2.05) is 24.3 Å². The highest BCUT2D eigenvalue weighted by Crippen LogP contribution is 2.30. The highest BCUT2D eigenvalue weighted by molar-refractivity contribution is 7.89. The Labute approximate surface area is 153 Å². The van der Waals surface area contributed by atoms with E-state index in [0.29, 0.717) is 19.6 Å². The molecule has 1 atom stereocenters. The van der Waals surface area contributed by atoms with Crippen molar-refractivity contribution in [3.05, 3.63) is 53.3 Å². The van der Waals surface area contributed by atoms with Crippen LogP contribution in [0.25, 0.3) is 0 Å². The van der Waals surface area contributed by atoms with E-state index in [4.69, 9.17) is 4.42 Å². The molecule has 1 fully saturated rings. The van der Waals surface area contributed by atoms with E-state index in [9.17, 15) is 13.2 Å². The van der Waals surface area contributed by atoms with E-state index in [1.165, 1.54) is 23.0 Å². The van der Waals surface area contributed by atoms with Crippen LogP contribution < -0.4 is 5.32 Å². The van der Waals surface area contributed by atoms with Crippen LogP contribution in [0.3, 0.4) is 0 Å². The van der Waals surface area contributed by atoms with Gasteiger partial charge in [0.2, 0.25) is 5.09 Å². The summed E-state index contributed by atoms with van der Waals surface area (Å²) in [4.78, 5) is 11.6. The summed E-state index contributed by atoms with van der Waals surface area (Å²) in [5.74, 6) is -0.637. The minimum absolute atomic E-state index is 0.0741. The standard InChI is InChI=1S/C18H22N2O5S/c1-3-13-4-6-14(7-5-13)16-11-19-8-9-20(16)26(22,23)17-10-15(12-25-17)18(21)24-2/h4-7,10,12,16,19H,3,8-9,11H2,1-2H3. The molecule has 8 heteroatoms. The number of sulfonamides is 1. The third kappa shape index (κ3) is 3.53. The molecule has 1 aromatic heterocycles. The first kappa shape index (κ1) is 18.6. The van der Waals surface area contributed by atoms with Gasteiger partial charge in [0.05, 0.1) is 18.7 Å². The Morgan fingerprint density at radius 2 is 2.08 bits per heavy atom. The number of hydrogen-bond acceptors (Lipinski definition) is 6. The molecule has 0 aliphatic carbocycles. The first-order valence-corrected chi connectivity index (χ1v) is 9.89. The van der Waals surface area contributed by atoms with Gasteiger partial charge in [-0.1, -0.05) is 31.2 Å². The summed E-state index contributed by atoms with van der Waals surface area (Å²) in [6.45, 7) is 3.45. The molecule has 1 unspecified atom stereocenters. The van der Waals surface area contributed by atoms with Crippen LogP contribution in [0.4, 0.5) is 0 Å². The second-order valence-corrected chi connectivity index (χ2v) is 7.90. The highest BCUT2D eigenvalue weighted by atomic mass is 32.2. The Morgan fingerprint density at radius 3 is 2.73 bits per heavy atom. The summed E-state index contributed by atoms with van der Waals surface area (Å²) in [5, 5.41) is 2.98. The molecule has 0 saturated carbocycles. The summed E-state index contributed by atoms with van der Waals surface area (Å²) < 4.78 is 37.3. The molecule has 0 radical (unpaired) electrons. The number of nitrogens with zero attached hydrogens (tertiary/aromatic N) is 1. The van der Waals surface area contributed by atoms with Crippen molar-refractivity contribution in [3.8, 4) is 0 Å². The van der Waals surface area contributed by atoms with Crippen LogP contribution in [0.5, 0.6) is 0 Å². The molecule has 0 bridgehead atoms. The smallest absolute Gasteiger partial charge is 0.341 e. The van der Waals surface area contributed by atoms with Crippen molar-refractivity contribution in [3.63, 3.8) is 0 Å². The van der Waals surface area contributed by atoms with E-state index in [-0.39, 0.29) is 16.7 Å². The van der Waals surface area contributed by atoms with Gasteiger partial charge < -0.3 is 14.5 Å². The molecule has 2 heterocycles. The van der Waals surface area contributed by atoms with E-state index >= 15 is 0 Å². The van der Waals surface area contributed by atoms with Gasteiger partial charge in [-0.2, -0.15) is 4.31 Å². The summed E-state index contributed by atoms with van der Waals surface area (Å²) in [6.07, 6.45) is 2.03. The van der Waals surface area contributed by atoms with Gasteiger partial charge in [-0.05, 0) is 17.5 Å². The van der Waals surface area contributed by atoms with Crippen molar-refractivity contribution in [2.24, 2.45) is 0 Å². The maximum Gasteiger partial charge on any atom is 0.341 e. The number of carbonyl (C=O) groups excluding carboxylic acids is 1. The van der Waals surface area contributed by atoms with Crippen LogP contribution in [0, 0.1) is 0 Å². The molecule has 7 nitrogen and oxygen atoms in total. The number of benzene rings is 1. The Morgan fingerprint density at radius 1 is 1.35 bits per heavy atom. The highest BCUT2D eigenvalue weighted by Gasteiger charge is 2.36. The molecule has 1 aliphatic rings. The number of rotatable bonds is 5. The van der Waals surface area contributed by atoms with Crippen molar-refractivity contribution in [1.82, 2.24) is 9.62 Å². The number of hydrogen-bond donors (Lipinski definition) is 1. The topological polar surface area (TPSA) is 88.9 Å². The SMILES string of the molecule is CCc1ccc(C2CNCCN2S(=O)(=O)c2cc(C(=O)OC)co2)cc1. The van der Waals surface area contributed by atoms with Gasteiger partial charge in [0, 0.05) is 25.7 Å². The Kier molecular flexibility index (Phi) is 5.45. The first-order chi connectivity index (χ1) is 12.5. The van der Waals surface area contributed by atoms with Crippen LogP contribution in [-0.2, 0) is 21.2 Å². The lowest BCUT2D eigenvalue weighted by molar-refractivity contribution is 0.0600. The van der Waals surface area contributed by atoms with Crippen molar-refractivity contribution in [2.45, 2.75) is 24.5 Å². The molecule has 26 heavy (non-hydrogen) atoms. The zero-order chi connectivity index (χ0) is 18.7. The molecular weight excluding hydrogens is 356 g/mol. The van der Waals surface area contributed by atoms with Gasteiger partial charge in [0.25, 0.3) is 10.0 Å². The van der Waals surface area contributed by atoms with Crippen molar-refractivity contribution in [1.29, 1.82) is 0 Å². The number of carbonyl (C=O) groups is 1. The van der Waals surface area contributed by atoms with Gasteiger partial charge in [-0.25, -0.2) is 13.2 Å². The molecule has 1 N–H and O–H groups in total. The number of methoxy groups -OCH3 is 1. The largest absolute Gasteiger partial charge is 0.465 e. The lowest BCUT2D eigenvalue weighted by Gasteiger charge is -2.34. The Bertz CT molecular complexity index is 873. The monoisotopic (exact) mass is 378 g/mol. The van der Waals surface area contributed by atoms with Gasteiger partial charge in [0.1, 0.15) is 6.26 Å². The van der Waals surface area contributed by atoms with E-state index < -0.39 is 16.0 Å². The third-order valence-electron chi connectivity index (χ3n) is 4.53. The lowest BCUT2D eigenvalue weighted by atomic mass is 10.0. The van der Waals surface area contributed by atoms with Gasteiger partial charge in [0.15, 0.2) is 0 Å². The quantitative estimate of drug-likeness (QED) is 0.800. The van der Waals surface area contributed by atoms with Crippen molar-refractivity contribution in [2.75, 3.05) is 26.7 Å². The predicted molar refractivity (Wildman–Crippen MR) is 95.4 cm³/mol. The fraction of sp³-hybridized carbons (Fsp3) is 0.389. The minimum Gasteiger partial charge on any atom is -0.465 e. The fourth-order valence-electron chi connectivity index (χ4n) is 3.03. The molecule has 140 valence electrons. The first-order valence-electron chi connectivity index (χ1n) is 8.45. The maximum atomic E-state index is 13.1. The van der Waals surface area contributed by atoms with Gasteiger partial charge in [-0.15, -0.1) is 0 Å². The number of esters is 1. The number of ether oxygens (including phenoxy) is 1. The Hall–Kier alpha value is -2.16. The zero-order valence-electron chi connectivity index (χ0n) is 14.8. The van der Waals surface area contributed by atoms with E-state index in [0.717, 1.165) is 18.2 Å². The second-order valence-electron chi connectivity index (χ2n) is 6.08. The fourth-order valence-corrected chi connectivity index (χ4v) is 4.56. The number of piperazine rings is 1. The summed E-state index contributed by atoms with van der Waals surface area (Å²) in [7, 11) is -2.65. The molecule has 0 spiro atoms. The third-order valence-corrected chi connectivity index (χ3v) is 6.30. The second kappa shape index (κ2) is 7.61. The van der Waals surface area contributed by atoms with Crippen LogP contribution >= 0.6 is 0 Å². The predicted octanol–water partition coefficient (Wildman–Crippen LogP) is 1.96. The normalized spacial score (nSPS) is 18.6. The number of aryl methyl sites for hydroxylation is 1. The van der Waals surface area contributed by atoms with E-state index in [2.05, 4.69) is 17.0 Å². The Balaban J connectivity index is 1.92. The molecule has 0 amide bonds. The molecule has 1 aromatic carbocycles. The molecule has 1 aliphatic heterocycles. The molecule has 2 aromatic rings. The van der Waals surface area contributed by atoms with Crippen LogP contribution in [0.2, 0.25) is 0 Å². The summed E-state index contributed by atoms with van der Waals surface area (Å²) in [5.41, 5.74) is 2.18. The van der Waals surface area contributed by atoms with Gasteiger partial charge in [-0.3, -0.25) is 0 Å². The van der Waals surface area contributed by atoms with Crippen LogP contribution in [0.1, 0.15) is 34.5 Å². The minimum atomic E-state index is -3.88. The summed E-state index contributed by atoms with van der Waals surface area (Å²) >= 11 is 0. The van der Waals surface area contributed by atoms with Crippen molar-refractivity contribution < 1.29 is 22.4 Å². The molecular formula is C18H22N2O5S. The molecule has 3 rings (SSSR count). The molecule has 1 saturated heterocycles. The van der Waals surface area contributed by atoms with E-state index in [1.54, 1.807) is 0 Å². The van der Waals surface area contributed by atoms with Crippen LogP contribution in [0.15, 0.2) is 46.1 Å². The average Bonchev–Trinajstić information content (AvgIpc) is 3.18. The van der Waals surface area contributed by atoms with Gasteiger partial charge >= 0.3 is 5.97 Å². The number of furan rings is 1. The van der Waals surface area contributed by atoms with Crippen molar-refractivity contribution >= 4 is 16.0 Å². The average molecular weight is 378 g/mol. The van der Waals surface area contributed by atoms with Crippen LogP contribution in [-0.4, -0.2) is 45.4 Å². The summed E-state index contributed by atoms with van der Waals surface area (Å²) in [6, 6.07) is 8.81. The lowest BCUT2D eigenvalue weighted by Crippen LogP contribution is -2.48. The number of nitrogens with one attached hydrogen (secondary N) is 1.